The van der Waals surface area contributed by atoms with E-state index in [-0.39, 0.29) is 47.4 Å². The molecule has 5 aliphatic heterocycles. The fourth-order valence-corrected chi connectivity index (χ4v) is 12.9. The summed E-state index contributed by atoms with van der Waals surface area (Å²) in [4.78, 5) is 51.7. The fourth-order valence-electron chi connectivity index (χ4n) is 12.9. The van der Waals surface area contributed by atoms with Crippen LogP contribution in [0.15, 0.2) is 66.4 Å². The maximum absolute atomic E-state index is 13.5. The highest BCUT2D eigenvalue weighted by Gasteiger charge is 2.55. The molecule has 6 aliphatic rings. The molecular weight excluding hydrogens is 897 g/mol. The molecule has 1 saturated carbocycles. The van der Waals surface area contributed by atoms with Gasteiger partial charge in [0.05, 0.1) is 84.2 Å². The van der Waals surface area contributed by atoms with E-state index in [1.54, 1.807) is 32.6 Å². The number of para-hydroxylation sites is 1. The van der Waals surface area contributed by atoms with Crippen molar-refractivity contribution in [3.63, 3.8) is 0 Å². The highest BCUT2D eigenvalue weighted by Crippen LogP contribution is 2.52. The molecule has 2 aromatic heterocycles. The van der Waals surface area contributed by atoms with Crippen molar-refractivity contribution in [2.75, 3.05) is 75.9 Å². The van der Waals surface area contributed by atoms with Crippen molar-refractivity contribution in [2.45, 2.75) is 69.4 Å². The lowest BCUT2D eigenvalue weighted by atomic mass is 9.63. The summed E-state index contributed by atoms with van der Waals surface area (Å²) < 4.78 is 49.9. The Morgan fingerprint density at radius 2 is 1.36 bits per heavy atom. The summed E-state index contributed by atoms with van der Waals surface area (Å²) >= 11 is 0. The van der Waals surface area contributed by atoms with Crippen molar-refractivity contribution in [2.24, 2.45) is 29.6 Å². The first kappa shape index (κ1) is 47.4. The summed E-state index contributed by atoms with van der Waals surface area (Å²) in [5, 5.41) is 2.55. The maximum Gasteiger partial charge on any atom is 0.338 e. The topological polar surface area (TPSA) is 172 Å². The lowest BCUT2D eigenvalue weighted by Gasteiger charge is -2.52. The standard InChI is InChI=1S/C33H40N2O9.C21H24N2O3/c1-38-19-7-8-20-21-9-10-35-16-18-13-27(44-32(36)17-11-25(39-2)30(41-4)26(12-17)40-3)31(42-5)28(33(37)43-6)22(18)15-24(35)29(21)34-23(20)14-19;1-12-16-10-23-8-7-14-13-5-3-4-6-18(13)22-20(14)19(23)9-15(16)17(11-26-12)21(24)25-2/h7-8,11-12,14,18,22,24,27-28,31,34H,9-10,13,15-16H2,1-6H3;3-6,11-12,15-16,19,22H,7-10H2,1-2H3/t18-,22+,24-,27-,28+,31+;12-,15-,16+,19-/m10/s1. The third kappa shape index (κ3) is 8.20. The number of benzene rings is 3. The average molecular weight is 961 g/mol. The number of rotatable bonds is 9. The van der Waals surface area contributed by atoms with Crippen molar-refractivity contribution >= 4 is 39.7 Å². The van der Waals surface area contributed by atoms with E-state index in [0.717, 1.165) is 63.1 Å². The minimum absolute atomic E-state index is 0.0170. The Kier molecular flexibility index (Phi) is 13.2. The normalized spacial score (nSPS) is 27.8. The summed E-state index contributed by atoms with van der Waals surface area (Å²) in [7, 11) is 10.5. The molecule has 0 unspecified atom stereocenters. The van der Waals surface area contributed by atoms with E-state index in [1.807, 2.05) is 12.1 Å². The van der Waals surface area contributed by atoms with Gasteiger partial charge in [0.15, 0.2) is 11.5 Å². The molecule has 2 saturated heterocycles. The highest BCUT2D eigenvalue weighted by molar-refractivity contribution is 5.92. The van der Waals surface area contributed by atoms with Crippen molar-refractivity contribution in [1.29, 1.82) is 0 Å². The maximum atomic E-state index is 13.5. The molecule has 0 bridgehead atoms. The molecule has 372 valence electrons. The zero-order chi connectivity index (χ0) is 49.0. The Labute approximate surface area is 407 Å². The van der Waals surface area contributed by atoms with Gasteiger partial charge in [-0.1, -0.05) is 18.2 Å². The molecule has 3 fully saturated rings. The average Bonchev–Trinajstić information content (AvgIpc) is 3.97. The third-order valence-electron chi connectivity index (χ3n) is 16.3. The SMILES string of the molecule is COC(=O)C1=CO[C@@H](C)[C@H]2CN3CCc4c([nH]c5ccccc45)[C@@H]3C[C@H]12.COC(=O)[C@H]1[C@H]2C[C@@H]3c4[nH]c5cc(OC)ccc5c4CCN3C[C@H]2C[C@@H](OC(=O)c2cc(OC)c(OC)c(OC)c2)[C@@H]1OC. The fraction of sp³-hybridized carbons (Fsp3) is 0.500. The molecule has 5 aromatic rings. The molecule has 11 rings (SSSR count). The number of aromatic nitrogens is 2. The number of ether oxygens (including phenoxy) is 9. The largest absolute Gasteiger partial charge is 0.497 e. The van der Waals surface area contributed by atoms with E-state index in [0.29, 0.717) is 41.2 Å². The van der Waals surface area contributed by atoms with Gasteiger partial charge in [0.25, 0.3) is 0 Å². The van der Waals surface area contributed by atoms with Crippen molar-refractivity contribution in [1.82, 2.24) is 19.8 Å². The molecule has 1 aliphatic carbocycles. The molecule has 10 atom stereocenters. The van der Waals surface area contributed by atoms with Crippen molar-refractivity contribution < 1.29 is 57.0 Å². The lowest BCUT2D eigenvalue weighted by Crippen LogP contribution is -2.58. The Bertz CT molecular complexity index is 2790. The molecule has 7 heterocycles. The number of aromatic amines is 2. The number of H-pyrrole nitrogens is 2. The number of piperidine rings is 2. The molecule has 0 spiro atoms. The smallest absolute Gasteiger partial charge is 0.338 e. The summed E-state index contributed by atoms with van der Waals surface area (Å²) in [5.41, 5.74) is 8.51. The van der Waals surface area contributed by atoms with Crippen LogP contribution in [0.5, 0.6) is 23.0 Å². The molecule has 2 N–H and O–H groups in total. The molecular formula is C54H64N4O12. The van der Waals surface area contributed by atoms with Crippen LogP contribution in [0.1, 0.15) is 71.1 Å². The first-order valence-corrected chi connectivity index (χ1v) is 24.3. The van der Waals surface area contributed by atoms with Gasteiger partial charge in [-0.2, -0.15) is 0 Å². The number of hydrogen-bond donors (Lipinski definition) is 2. The van der Waals surface area contributed by atoms with Gasteiger partial charge in [-0.05, 0) is 92.3 Å². The highest BCUT2D eigenvalue weighted by atomic mass is 16.6. The molecule has 0 amide bonds. The van der Waals surface area contributed by atoms with Crippen LogP contribution in [-0.4, -0.2) is 132 Å². The van der Waals surface area contributed by atoms with Gasteiger partial charge < -0.3 is 52.6 Å². The summed E-state index contributed by atoms with van der Waals surface area (Å²) in [6, 6.07) is 18.3. The predicted octanol–water partition coefficient (Wildman–Crippen LogP) is 7.35. The lowest BCUT2D eigenvalue weighted by molar-refractivity contribution is -0.176. The number of nitrogens with zero attached hydrogens (tertiary/aromatic N) is 2. The Morgan fingerprint density at radius 1 is 0.686 bits per heavy atom. The summed E-state index contributed by atoms with van der Waals surface area (Å²) in [6.45, 7) is 5.81. The van der Waals surface area contributed by atoms with E-state index in [4.69, 9.17) is 42.6 Å². The number of hydrogen-bond acceptors (Lipinski definition) is 14. The quantitative estimate of drug-likeness (QED) is 0.111. The predicted molar refractivity (Wildman–Crippen MR) is 259 cm³/mol. The van der Waals surface area contributed by atoms with E-state index < -0.39 is 24.1 Å². The number of methoxy groups -OCH3 is 7. The van der Waals surface area contributed by atoms with Crippen LogP contribution in [0, 0.1) is 29.6 Å². The molecule has 70 heavy (non-hydrogen) atoms. The van der Waals surface area contributed by atoms with Crippen LogP contribution in [0.4, 0.5) is 0 Å². The van der Waals surface area contributed by atoms with Gasteiger partial charge in [0, 0.05) is 84.4 Å². The van der Waals surface area contributed by atoms with Crippen LogP contribution < -0.4 is 18.9 Å². The number of esters is 3. The van der Waals surface area contributed by atoms with E-state index in [1.165, 1.54) is 74.4 Å². The Balaban J connectivity index is 0.000000184. The van der Waals surface area contributed by atoms with Crippen LogP contribution >= 0.6 is 0 Å². The molecule has 16 heteroatoms. The van der Waals surface area contributed by atoms with Gasteiger partial charge >= 0.3 is 17.9 Å². The third-order valence-corrected chi connectivity index (χ3v) is 16.3. The minimum Gasteiger partial charge on any atom is -0.497 e. The molecule has 16 nitrogen and oxygen atoms in total. The first-order valence-electron chi connectivity index (χ1n) is 24.3. The number of carbonyl (C=O) groups excluding carboxylic acids is 3. The number of nitrogens with one attached hydrogen (secondary N) is 2. The second-order valence-corrected chi connectivity index (χ2v) is 19.4. The molecule has 0 radical (unpaired) electrons. The van der Waals surface area contributed by atoms with Crippen LogP contribution in [0.25, 0.3) is 21.8 Å². The van der Waals surface area contributed by atoms with E-state index in [2.05, 4.69) is 57.0 Å². The molecule has 3 aromatic carbocycles. The zero-order valence-electron chi connectivity index (χ0n) is 41.2. The number of carbonyl (C=O) groups is 3. The van der Waals surface area contributed by atoms with Crippen molar-refractivity contribution in [3.05, 3.63) is 94.5 Å². The van der Waals surface area contributed by atoms with Gasteiger partial charge in [-0.15, -0.1) is 0 Å². The Morgan fingerprint density at radius 3 is 2.01 bits per heavy atom. The van der Waals surface area contributed by atoms with Crippen LogP contribution in [-0.2, 0) is 46.1 Å². The summed E-state index contributed by atoms with van der Waals surface area (Å²) in [6.07, 6.45) is 4.69. The van der Waals surface area contributed by atoms with Crippen molar-refractivity contribution in [3.8, 4) is 23.0 Å². The monoisotopic (exact) mass is 960 g/mol. The van der Waals surface area contributed by atoms with Crippen LogP contribution in [0.3, 0.4) is 0 Å². The second-order valence-electron chi connectivity index (χ2n) is 19.4. The Hall–Kier alpha value is -6.23. The van der Waals surface area contributed by atoms with E-state index in [9.17, 15) is 14.4 Å². The van der Waals surface area contributed by atoms with Gasteiger partial charge in [0.1, 0.15) is 18.0 Å². The van der Waals surface area contributed by atoms with Gasteiger partial charge in [0.2, 0.25) is 5.75 Å². The summed E-state index contributed by atoms with van der Waals surface area (Å²) in [5.74, 6) is 0.699. The second kappa shape index (κ2) is 19.5. The van der Waals surface area contributed by atoms with Gasteiger partial charge in [-0.3, -0.25) is 14.6 Å². The van der Waals surface area contributed by atoms with Gasteiger partial charge in [-0.25, -0.2) is 9.59 Å². The number of fused-ring (bicyclic) bond motifs is 12. The van der Waals surface area contributed by atoms with E-state index >= 15 is 0 Å². The zero-order valence-corrected chi connectivity index (χ0v) is 41.2. The minimum atomic E-state index is -0.670. The first-order chi connectivity index (χ1) is 34.0. The van der Waals surface area contributed by atoms with Crippen LogP contribution in [0.2, 0.25) is 0 Å².